The van der Waals surface area contributed by atoms with Crippen LogP contribution in [0.25, 0.3) is 21.8 Å². The zero-order chi connectivity index (χ0) is 15.4. The van der Waals surface area contributed by atoms with Crippen LogP contribution in [0, 0.1) is 0 Å². The van der Waals surface area contributed by atoms with Crippen LogP contribution in [-0.4, -0.2) is 20.2 Å². The van der Waals surface area contributed by atoms with Crippen molar-refractivity contribution >= 4 is 21.8 Å². The van der Waals surface area contributed by atoms with Crippen molar-refractivity contribution in [1.82, 2.24) is 9.97 Å². The standard InChI is InChI=1S/2C9H7NO.Cu/c11-8-5-1-3-7-4-2-6-10-9(7)8;11-9-6-5-7-3-1-2-4-8(7)10-9;/h1-6,11H;1-6H,(H,10,11);. The molecule has 23 heavy (non-hydrogen) atoms. The number of pyridine rings is 2. The molecule has 0 atom stereocenters. The van der Waals surface area contributed by atoms with E-state index in [1.807, 2.05) is 48.5 Å². The maximum absolute atomic E-state index is 9.31. The molecule has 0 spiro atoms. The van der Waals surface area contributed by atoms with Crippen molar-refractivity contribution in [1.29, 1.82) is 0 Å². The van der Waals surface area contributed by atoms with Crippen LogP contribution in [-0.2, 0) is 17.1 Å². The normalized spacial score (nSPS) is 9.74. The number of para-hydroxylation sites is 2. The quantitative estimate of drug-likeness (QED) is 0.471. The number of phenolic OH excluding ortho intramolecular Hbond substituents is 1. The molecule has 2 aromatic heterocycles. The summed E-state index contributed by atoms with van der Waals surface area (Å²) in [5.41, 5.74) is 1.49. The van der Waals surface area contributed by atoms with E-state index >= 15 is 0 Å². The Morgan fingerprint density at radius 3 is 2.26 bits per heavy atom. The van der Waals surface area contributed by atoms with Gasteiger partial charge in [-0.1, -0.05) is 36.4 Å². The summed E-state index contributed by atoms with van der Waals surface area (Å²) in [6, 6.07) is 20.2. The Labute approximate surface area is 143 Å². The Morgan fingerprint density at radius 2 is 1.43 bits per heavy atom. The smallest absolute Gasteiger partial charge is 0.211 e. The number of hydrogen-bond donors (Lipinski definition) is 2. The van der Waals surface area contributed by atoms with E-state index in [0.717, 1.165) is 16.3 Å². The summed E-state index contributed by atoms with van der Waals surface area (Å²) in [5, 5.41) is 20.3. The van der Waals surface area contributed by atoms with Crippen molar-refractivity contribution in [2.75, 3.05) is 0 Å². The topological polar surface area (TPSA) is 66.2 Å². The molecule has 4 rings (SSSR count). The van der Waals surface area contributed by atoms with Gasteiger partial charge in [0.2, 0.25) is 5.88 Å². The van der Waals surface area contributed by atoms with Gasteiger partial charge in [-0.25, -0.2) is 4.98 Å². The van der Waals surface area contributed by atoms with Crippen molar-refractivity contribution in [2.45, 2.75) is 0 Å². The first-order chi connectivity index (χ1) is 10.7. The fourth-order valence-corrected chi connectivity index (χ4v) is 2.14. The molecule has 0 saturated carbocycles. The summed E-state index contributed by atoms with van der Waals surface area (Å²) in [6.45, 7) is 0. The third-order valence-electron chi connectivity index (χ3n) is 3.20. The van der Waals surface area contributed by atoms with Crippen molar-refractivity contribution in [3.63, 3.8) is 0 Å². The molecule has 0 saturated heterocycles. The van der Waals surface area contributed by atoms with Gasteiger partial charge in [-0.2, -0.15) is 0 Å². The molecule has 0 unspecified atom stereocenters. The molecule has 4 aromatic rings. The molecular formula is C18H14CuN2O2. The Balaban J connectivity index is 0.000000160. The van der Waals surface area contributed by atoms with E-state index in [1.54, 1.807) is 24.4 Å². The monoisotopic (exact) mass is 353 g/mol. The fraction of sp³-hybridized carbons (Fsp3) is 0. The van der Waals surface area contributed by atoms with Gasteiger partial charge in [0.1, 0.15) is 11.3 Å². The first kappa shape index (κ1) is 16.7. The SMILES string of the molecule is Oc1ccc2ccccc2n1.Oc1cccc2cccnc12.[Cu]. The Bertz CT molecular complexity index is 917. The van der Waals surface area contributed by atoms with Crippen LogP contribution in [0.1, 0.15) is 0 Å². The van der Waals surface area contributed by atoms with Crippen molar-refractivity contribution in [3.05, 3.63) is 72.9 Å². The minimum Gasteiger partial charge on any atom is -0.506 e. The van der Waals surface area contributed by atoms with Gasteiger partial charge in [0.25, 0.3) is 0 Å². The van der Waals surface area contributed by atoms with Crippen LogP contribution < -0.4 is 0 Å². The van der Waals surface area contributed by atoms with Gasteiger partial charge in [0, 0.05) is 40.1 Å². The molecule has 0 aliphatic heterocycles. The van der Waals surface area contributed by atoms with E-state index in [-0.39, 0.29) is 28.7 Å². The van der Waals surface area contributed by atoms with Gasteiger partial charge in [-0.15, -0.1) is 0 Å². The van der Waals surface area contributed by atoms with Gasteiger partial charge < -0.3 is 10.2 Å². The molecular weight excluding hydrogens is 340 g/mol. The molecule has 119 valence electrons. The summed E-state index contributed by atoms with van der Waals surface area (Å²) < 4.78 is 0. The largest absolute Gasteiger partial charge is 0.506 e. The predicted octanol–water partition coefficient (Wildman–Crippen LogP) is 3.88. The van der Waals surface area contributed by atoms with Gasteiger partial charge >= 0.3 is 0 Å². The summed E-state index contributed by atoms with van der Waals surface area (Å²) in [6.07, 6.45) is 1.67. The van der Waals surface area contributed by atoms with E-state index in [4.69, 9.17) is 5.11 Å². The number of aromatic nitrogens is 2. The molecule has 0 bridgehead atoms. The van der Waals surface area contributed by atoms with Crippen LogP contribution in [0.4, 0.5) is 0 Å². The molecule has 2 N–H and O–H groups in total. The number of hydrogen-bond acceptors (Lipinski definition) is 4. The Kier molecular flexibility index (Phi) is 5.52. The maximum atomic E-state index is 9.31. The minimum atomic E-state index is 0. The van der Waals surface area contributed by atoms with Crippen LogP contribution in [0.15, 0.2) is 72.9 Å². The summed E-state index contributed by atoms with van der Waals surface area (Å²) in [7, 11) is 0. The van der Waals surface area contributed by atoms with Crippen LogP contribution in [0.2, 0.25) is 0 Å². The van der Waals surface area contributed by atoms with Gasteiger partial charge in [-0.3, -0.25) is 4.98 Å². The molecule has 2 heterocycles. The second-order valence-electron chi connectivity index (χ2n) is 4.71. The molecule has 0 aliphatic rings. The van der Waals surface area contributed by atoms with E-state index in [0.29, 0.717) is 5.52 Å². The number of benzene rings is 2. The summed E-state index contributed by atoms with van der Waals surface area (Å²) in [4.78, 5) is 7.96. The second-order valence-corrected chi connectivity index (χ2v) is 4.71. The molecule has 0 amide bonds. The van der Waals surface area contributed by atoms with E-state index in [9.17, 15) is 5.11 Å². The number of aromatic hydroxyl groups is 2. The molecule has 5 heteroatoms. The first-order valence-electron chi connectivity index (χ1n) is 6.81. The van der Waals surface area contributed by atoms with Crippen LogP contribution >= 0.6 is 0 Å². The third-order valence-corrected chi connectivity index (χ3v) is 3.20. The zero-order valence-electron chi connectivity index (χ0n) is 12.0. The predicted molar refractivity (Wildman–Crippen MR) is 86.8 cm³/mol. The molecule has 0 fully saturated rings. The van der Waals surface area contributed by atoms with Crippen LogP contribution in [0.3, 0.4) is 0 Å². The van der Waals surface area contributed by atoms with E-state index in [2.05, 4.69) is 9.97 Å². The summed E-state index contributed by atoms with van der Waals surface area (Å²) >= 11 is 0. The van der Waals surface area contributed by atoms with Crippen molar-refractivity contribution in [2.24, 2.45) is 0 Å². The molecule has 1 radical (unpaired) electrons. The zero-order valence-corrected chi connectivity index (χ0v) is 13.0. The van der Waals surface area contributed by atoms with Crippen LogP contribution in [0.5, 0.6) is 11.6 Å². The Hall–Kier alpha value is -2.62. The second kappa shape index (κ2) is 7.58. The Morgan fingerprint density at radius 1 is 0.696 bits per heavy atom. The summed E-state index contributed by atoms with van der Waals surface area (Å²) in [5.74, 6) is 0.312. The number of fused-ring (bicyclic) bond motifs is 2. The average molecular weight is 354 g/mol. The first-order valence-corrected chi connectivity index (χ1v) is 6.81. The van der Waals surface area contributed by atoms with Crippen molar-refractivity contribution in [3.8, 4) is 11.6 Å². The number of nitrogens with zero attached hydrogens (tertiary/aromatic N) is 2. The maximum Gasteiger partial charge on any atom is 0.211 e. The molecule has 2 aromatic carbocycles. The van der Waals surface area contributed by atoms with E-state index < -0.39 is 0 Å². The van der Waals surface area contributed by atoms with Gasteiger partial charge in [0.05, 0.1) is 5.52 Å². The fourth-order valence-electron chi connectivity index (χ4n) is 2.14. The average Bonchev–Trinajstić information content (AvgIpc) is 2.56. The molecule has 0 aliphatic carbocycles. The van der Waals surface area contributed by atoms with Gasteiger partial charge in [-0.05, 0) is 24.3 Å². The minimum absolute atomic E-state index is 0. The molecule has 4 nitrogen and oxygen atoms in total. The third kappa shape index (κ3) is 3.97. The van der Waals surface area contributed by atoms with E-state index in [1.165, 1.54) is 0 Å². The van der Waals surface area contributed by atoms with Crippen molar-refractivity contribution < 1.29 is 27.3 Å². The van der Waals surface area contributed by atoms with Gasteiger partial charge in [0.15, 0.2) is 0 Å². The number of rotatable bonds is 0. The number of phenols is 1.